The number of anilines is 1. The highest BCUT2D eigenvalue weighted by atomic mass is 32.2. The van der Waals surface area contributed by atoms with Gasteiger partial charge in [-0.05, 0) is 41.6 Å². The first-order chi connectivity index (χ1) is 13.4. The molecule has 0 aliphatic heterocycles. The predicted octanol–water partition coefficient (Wildman–Crippen LogP) is 5.07. The molecule has 1 atom stereocenters. The molecule has 30 heavy (non-hydrogen) atoms. The number of carbonyl (C=O) groups is 1. The molecule has 8 heteroatoms. The molecule has 1 rings (SSSR count). The predicted molar refractivity (Wildman–Crippen MR) is 126 cm³/mol. The summed E-state index contributed by atoms with van der Waals surface area (Å²) in [6.07, 6.45) is 0.717. The summed E-state index contributed by atoms with van der Waals surface area (Å²) in [5.74, 6) is -0.180. The second kappa shape index (κ2) is 9.93. The van der Waals surface area contributed by atoms with E-state index in [1.165, 1.54) is 0 Å². The van der Waals surface area contributed by atoms with Gasteiger partial charge in [-0.25, -0.2) is 0 Å². The van der Waals surface area contributed by atoms with Gasteiger partial charge in [0, 0.05) is 12.1 Å². The van der Waals surface area contributed by atoms with Gasteiger partial charge in [-0.3, -0.25) is 8.98 Å². The number of benzene rings is 1. The summed E-state index contributed by atoms with van der Waals surface area (Å²) in [4.78, 5) is 12.6. The lowest BCUT2D eigenvalue weighted by Crippen LogP contribution is -2.43. The Hall–Kier alpha value is -1.22. The van der Waals surface area contributed by atoms with Crippen LogP contribution in [-0.4, -0.2) is 41.6 Å². The van der Waals surface area contributed by atoms with E-state index in [-0.39, 0.29) is 35.8 Å². The number of hydrogen-bond acceptors (Lipinski definition) is 5. The molecule has 0 saturated carbocycles. The highest BCUT2D eigenvalue weighted by molar-refractivity contribution is 7.86. The van der Waals surface area contributed by atoms with Crippen molar-refractivity contribution < 1.29 is 21.8 Å². The minimum absolute atomic E-state index is 0.00329. The highest BCUT2D eigenvalue weighted by Gasteiger charge is 2.38. The maximum atomic E-state index is 12.6. The second-order valence-electron chi connectivity index (χ2n) is 10.4. The Labute approximate surface area is 184 Å². The van der Waals surface area contributed by atoms with Crippen LogP contribution in [0, 0.1) is 0 Å². The lowest BCUT2D eigenvalue weighted by Gasteiger charge is -2.37. The quantitative estimate of drug-likeness (QED) is 0.413. The van der Waals surface area contributed by atoms with Crippen LogP contribution in [0.5, 0.6) is 0 Å². The average molecular weight is 458 g/mol. The van der Waals surface area contributed by atoms with Crippen molar-refractivity contribution in [2.45, 2.75) is 84.0 Å². The van der Waals surface area contributed by atoms with Gasteiger partial charge in [0.1, 0.15) is 0 Å². The van der Waals surface area contributed by atoms with E-state index in [0.29, 0.717) is 0 Å². The smallest absolute Gasteiger partial charge is 0.264 e. The molecule has 1 unspecified atom stereocenters. The molecule has 0 fully saturated rings. The first-order valence-corrected chi connectivity index (χ1v) is 15.1. The van der Waals surface area contributed by atoms with Gasteiger partial charge >= 0.3 is 0 Å². The zero-order chi connectivity index (χ0) is 23.4. The van der Waals surface area contributed by atoms with Gasteiger partial charge in [0.25, 0.3) is 10.1 Å². The topological polar surface area (TPSA) is 81.7 Å². The number of nitrogens with one attached hydrogen (secondary N) is 1. The standard InChI is InChI=1S/C22H39NO5SSi/c1-21(2,3)18-12-10-11-13-19(18)23-20(24)15-14-17(28-29(7,25)26)16-27-30(8,9)22(4,5)6/h10-13,17H,14-16H2,1-9H3,(H,23,24). The van der Waals surface area contributed by atoms with Crippen LogP contribution in [0.15, 0.2) is 24.3 Å². The number of hydrogen-bond donors (Lipinski definition) is 1. The van der Waals surface area contributed by atoms with Gasteiger partial charge in [-0.2, -0.15) is 8.42 Å². The van der Waals surface area contributed by atoms with E-state index >= 15 is 0 Å². The summed E-state index contributed by atoms with van der Waals surface area (Å²) >= 11 is 0. The molecule has 0 aliphatic carbocycles. The number of carbonyl (C=O) groups excluding carboxylic acids is 1. The summed E-state index contributed by atoms with van der Waals surface area (Å²) < 4.78 is 34.7. The van der Waals surface area contributed by atoms with Gasteiger partial charge < -0.3 is 9.74 Å². The fraction of sp³-hybridized carbons (Fsp3) is 0.682. The molecule has 6 nitrogen and oxygen atoms in total. The maximum Gasteiger partial charge on any atom is 0.264 e. The molecule has 172 valence electrons. The molecule has 0 heterocycles. The third kappa shape index (κ3) is 8.87. The van der Waals surface area contributed by atoms with Crippen molar-refractivity contribution >= 4 is 30.0 Å². The van der Waals surface area contributed by atoms with Crippen molar-refractivity contribution in [3.8, 4) is 0 Å². The molecule has 1 aromatic rings. The van der Waals surface area contributed by atoms with Crippen molar-refractivity contribution in [1.82, 2.24) is 0 Å². The van der Waals surface area contributed by atoms with Crippen LogP contribution < -0.4 is 5.32 Å². The minimum Gasteiger partial charge on any atom is -0.414 e. The minimum atomic E-state index is -3.66. The first-order valence-electron chi connectivity index (χ1n) is 10.3. The van der Waals surface area contributed by atoms with Gasteiger partial charge in [-0.1, -0.05) is 59.7 Å². The van der Waals surface area contributed by atoms with E-state index in [0.717, 1.165) is 17.5 Å². The van der Waals surface area contributed by atoms with Crippen molar-refractivity contribution in [1.29, 1.82) is 0 Å². The molecule has 1 amide bonds. The molecular formula is C22H39NO5SSi. The van der Waals surface area contributed by atoms with E-state index in [9.17, 15) is 13.2 Å². The molecule has 1 N–H and O–H groups in total. The van der Waals surface area contributed by atoms with Crippen LogP contribution >= 0.6 is 0 Å². The van der Waals surface area contributed by atoms with Gasteiger partial charge in [0.15, 0.2) is 8.32 Å². The third-order valence-electron chi connectivity index (χ3n) is 5.45. The molecule has 0 aromatic heterocycles. The molecule has 0 aliphatic rings. The van der Waals surface area contributed by atoms with Crippen molar-refractivity contribution in [2.75, 3.05) is 18.2 Å². The Bertz CT molecular complexity index is 823. The van der Waals surface area contributed by atoms with E-state index in [1.807, 2.05) is 24.3 Å². The van der Waals surface area contributed by atoms with Crippen molar-refractivity contribution in [2.24, 2.45) is 0 Å². The zero-order valence-electron chi connectivity index (χ0n) is 20.0. The summed E-state index contributed by atoms with van der Waals surface area (Å²) in [6.45, 7) is 17.0. The molecule has 0 spiro atoms. The van der Waals surface area contributed by atoms with Crippen LogP contribution in [0.3, 0.4) is 0 Å². The first kappa shape index (κ1) is 26.8. The molecule has 0 radical (unpaired) electrons. The Morgan fingerprint density at radius 3 is 2.17 bits per heavy atom. The molecule has 1 aromatic carbocycles. The SMILES string of the molecule is CC(C)(C)c1ccccc1NC(=O)CCC(CO[Si](C)(C)C(C)(C)C)OS(C)(=O)=O. The normalized spacial score (nSPS) is 14.4. The summed E-state index contributed by atoms with van der Waals surface area (Å²) in [5, 5.41) is 2.95. The Morgan fingerprint density at radius 1 is 1.10 bits per heavy atom. The molecule has 0 bridgehead atoms. The van der Waals surface area contributed by atoms with Crippen LogP contribution in [0.4, 0.5) is 5.69 Å². The van der Waals surface area contributed by atoms with Crippen LogP contribution in [0.2, 0.25) is 18.1 Å². The van der Waals surface area contributed by atoms with Gasteiger partial charge in [0.2, 0.25) is 5.91 Å². The van der Waals surface area contributed by atoms with Crippen LogP contribution in [-0.2, 0) is 28.9 Å². The van der Waals surface area contributed by atoms with E-state index in [1.54, 1.807) is 0 Å². The number of rotatable bonds is 9. The molecule has 0 saturated heterocycles. The van der Waals surface area contributed by atoms with Crippen molar-refractivity contribution in [3.05, 3.63) is 29.8 Å². The zero-order valence-corrected chi connectivity index (χ0v) is 21.8. The second-order valence-corrected chi connectivity index (χ2v) is 16.8. The third-order valence-corrected chi connectivity index (χ3v) is 10.6. The largest absolute Gasteiger partial charge is 0.414 e. The van der Waals surface area contributed by atoms with E-state index in [4.69, 9.17) is 8.61 Å². The number of amides is 1. The van der Waals surface area contributed by atoms with E-state index < -0.39 is 24.5 Å². The highest BCUT2D eigenvalue weighted by Crippen LogP contribution is 2.36. The summed E-state index contributed by atoms with van der Waals surface area (Å²) in [7, 11) is -5.72. The van der Waals surface area contributed by atoms with Crippen LogP contribution in [0.1, 0.15) is 59.9 Å². The monoisotopic (exact) mass is 457 g/mol. The fourth-order valence-electron chi connectivity index (χ4n) is 2.68. The van der Waals surface area contributed by atoms with Crippen LogP contribution in [0.25, 0.3) is 0 Å². The van der Waals surface area contributed by atoms with Crippen molar-refractivity contribution in [3.63, 3.8) is 0 Å². The lowest BCUT2D eigenvalue weighted by molar-refractivity contribution is -0.116. The Morgan fingerprint density at radius 2 is 1.67 bits per heavy atom. The Kier molecular flexibility index (Phi) is 8.88. The summed E-state index contributed by atoms with van der Waals surface area (Å²) in [6, 6.07) is 7.71. The van der Waals surface area contributed by atoms with E-state index in [2.05, 4.69) is 60.0 Å². The Balaban J connectivity index is 2.81. The van der Waals surface area contributed by atoms with Gasteiger partial charge in [0.05, 0.1) is 19.0 Å². The number of para-hydroxylation sites is 1. The average Bonchev–Trinajstić information content (AvgIpc) is 2.54. The summed E-state index contributed by atoms with van der Waals surface area (Å²) in [5.41, 5.74) is 1.71. The molecular weight excluding hydrogens is 418 g/mol. The fourth-order valence-corrected chi connectivity index (χ4v) is 4.36. The maximum absolute atomic E-state index is 12.6. The van der Waals surface area contributed by atoms with Gasteiger partial charge in [-0.15, -0.1) is 0 Å². The lowest BCUT2D eigenvalue weighted by atomic mass is 9.86.